The Morgan fingerprint density at radius 2 is 1.89 bits per heavy atom. The second-order valence-electron chi connectivity index (χ2n) is 3.72. The van der Waals surface area contributed by atoms with Crippen molar-refractivity contribution in [1.82, 2.24) is 5.32 Å². The van der Waals surface area contributed by atoms with Crippen LogP contribution in [0.15, 0.2) is 18.2 Å². The first-order chi connectivity index (χ1) is 8.90. The molecule has 1 aromatic rings. The van der Waals surface area contributed by atoms with Crippen LogP contribution in [-0.4, -0.2) is 26.1 Å². The molecule has 0 fully saturated rings. The summed E-state index contributed by atoms with van der Waals surface area (Å²) in [4.78, 5) is 0. The van der Waals surface area contributed by atoms with E-state index < -0.39 is 18.8 Å². The first-order valence-corrected chi connectivity index (χ1v) is 5.74. The van der Waals surface area contributed by atoms with Gasteiger partial charge in [0, 0.05) is 12.6 Å². The van der Waals surface area contributed by atoms with Crippen LogP contribution in [0.4, 0.5) is 17.6 Å². The highest BCUT2D eigenvalue weighted by Crippen LogP contribution is 2.18. The lowest BCUT2D eigenvalue weighted by Crippen LogP contribution is -2.18. The summed E-state index contributed by atoms with van der Waals surface area (Å²) in [5.41, 5.74) is 0.661. The highest BCUT2D eigenvalue weighted by atomic mass is 19.4. The van der Waals surface area contributed by atoms with E-state index in [1.165, 1.54) is 6.07 Å². The minimum atomic E-state index is -4.68. The Balaban J connectivity index is 2.46. The maximum atomic E-state index is 13.2. The molecule has 1 N–H and O–H groups in total. The second kappa shape index (κ2) is 7.30. The molecule has 108 valence electrons. The van der Waals surface area contributed by atoms with Crippen molar-refractivity contribution in [1.29, 1.82) is 0 Å². The number of nitrogens with one attached hydrogen (secondary N) is 1. The fourth-order valence-electron chi connectivity index (χ4n) is 1.39. The Morgan fingerprint density at radius 1 is 1.16 bits per heavy atom. The molecule has 0 amide bonds. The SMILES string of the molecule is CCNCc1cc(F)cc(OCCOC(F)(F)F)c1. The van der Waals surface area contributed by atoms with Crippen LogP contribution in [0.25, 0.3) is 0 Å². The van der Waals surface area contributed by atoms with Crippen molar-refractivity contribution in [3.05, 3.63) is 29.6 Å². The molecular formula is C12H15F4NO2. The first-order valence-electron chi connectivity index (χ1n) is 5.74. The summed E-state index contributed by atoms with van der Waals surface area (Å²) in [7, 11) is 0. The molecule has 0 aromatic heterocycles. The molecule has 0 radical (unpaired) electrons. The summed E-state index contributed by atoms with van der Waals surface area (Å²) >= 11 is 0. The molecule has 0 aliphatic rings. The van der Waals surface area contributed by atoms with Gasteiger partial charge in [0.25, 0.3) is 0 Å². The van der Waals surface area contributed by atoms with Crippen LogP contribution in [-0.2, 0) is 11.3 Å². The minimum Gasteiger partial charge on any atom is -0.491 e. The summed E-state index contributed by atoms with van der Waals surface area (Å²) in [6, 6.07) is 4.02. The molecule has 1 aromatic carbocycles. The zero-order valence-electron chi connectivity index (χ0n) is 10.4. The van der Waals surface area contributed by atoms with Crippen LogP contribution in [0, 0.1) is 5.82 Å². The quantitative estimate of drug-likeness (QED) is 0.616. The Hall–Kier alpha value is -1.34. The van der Waals surface area contributed by atoms with Gasteiger partial charge in [-0.1, -0.05) is 6.92 Å². The van der Waals surface area contributed by atoms with Gasteiger partial charge >= 0.3 is 6.36 Å². The van der Waals surface area contributed by atoms with Crippen LogP contribution in [0.5, 0.6) is 5.75 Å². The molecule has 0 saturated carbocycles. The predicted molar refractivity (Wildman–Crippen MR) is 61.3 cm³/mol. The van der Waals surface area contributed by atoms with E-state index in [0.29, 0.717) is 12.1 Å². The monoisotopic (exact) mass is 281 g/mol. The number of hydrogen-bond donors (Lipinski definition) is 1. The van der Waals surface area contributed by atoms with Crippen molar-refractivity contribution in [2.24, 2.45) is 0 Å². The van der Waals surface area contributed by atoms with Crippen molar-refractivity contribution in [3.63, 3.8) is 0 Å². The highest BCUT2D eigenvalue weighted by Gasteiger charge is 2.28. The third-order valence-corrected chi connectivity index (χ3v) is 2.13. The molecule has 0 saturated heterocycles. The van der Waals surface area contributed by atoms with E-state index in [4.69, 9.17) is 4.74 Å². The van der Waals surface area contributed by atoms with E-state index in [1.807, 2.05) is 6.92 Å². The van der Waals surface area contributed by atoms with Crippen molar-refractivity contribution in [2.75, 3.05) is 19.8 Å². The number of benzene rings is 1. The molecule has 0 aliphatic carbocycles. The van der Waals surface area contributed by atoms with Crippen molar-refractivity contribution in [2.45, 2.75) is 19.8 Å². The van der Waals surface area contributed by atoms with Gasteiger partial charge in [-0.3, -0.25) is 4.74 Å². The smallest absolute Gasteiger partial charge is 0.491 e. The molecule has 0 heterocycles. The summed E-state index contributed by atoms with van der Waals surface area (Å²) in [5, 5.41) is 3.01. The molecule has 0 atom stereocenters. The third kappa shape index (κ3) is 6.97. The molecule has 0 unspecified atom stereocenters. The van der Waals surface area contributed by atoms with Gasteiger partial charge in [-0.15, -0.1) is 13.2 Å². The molecule has 0 spiro atoms. The predicted octanol–water partition coefficient (Wildman–Crippen LogP) is 2.85. The van der Waals surface area contributed by atoms with Crippen molar-refractivity contribution >= 4 is 0 Å². The van der Waals surface area contributed by atoms with Crippen molar-refractivity contribution < 1.29 is 27.0 Å². The van der Waals surface area contributed by atoms with Crippen LogP contribution in [0.1, 0.15) is 12.5 Å². The number of rotatable bonds is 7. The lowest BCUT2D eigenvalue weighted by molar-refractivity contribution is -0.325. The van der Waals surface area contributed by atoms with E-state index in [0.717, 1.165) is 12.6 Å². The Morgan fingerprint density at radius 3 is 2.53 bits per heavy atom. The highest BCUT2D eigenvalue weighted by molar-refractivity contribution is 5.29. The second-order valence-corrected chi connectivity index (χ2v) is 3.72. The van der Waals surface area contributed by atoms with Crippen molar-refractivity contribution in [3.8, 4) is 5.75 Å². The molecule has 3 nitrogen and oxygen atoms in total. The van der Waals surface area contributed by atoms with Crippen LogP contribution in [0.3, 0.4) is 0 Å². The summed E-state index contributed by atoms with van der Waals surface area (Å²) < 4.78 is 56.9. The van der Waals surface area contributed by atoms with Gasteiger partial charge in [0.1, 0.15) is 18.2 Å². The van der Waals surface area contributed by atoms with E-state index in [-0.39, 0.29) is 12.4 Å². The fourth-order valence-corrected chi connectivity index (χ4v) is 1.39. The van der Waals surface area contributed by atoms with Gasteiger partial charge < -0.3 is 10.1 Å². The maximum absolute atomic E-state index is 13.2. The van der Waals surface area contributed by atoms with E-state index in [1.54, 1.807) is 6.07 Å². The summed E-state index contributed by atoms with van der Waals surface area (Å²) in [6.07, 6.45) is -4.68. The Bertz CT molecular complexity index is 396. The minimum absolute atomic E-state index is 0.179. The number of halogens is 4. The lowest BCUT2D eigenvalue weighted by atomic mass is 10.2. The largest absolute Gasteiger partial charge is 0.522 e. The molecule has 7 heteroatoms. The number of hydrogen-bond acceptors (Lipinski definition) is 3. The van der Waals surface area contributed by atoms with Gasteiger partial charge in [0.2, 0.25) is 0 Å². The lowest BCUT2D eigenvalue weighted by Gasteiger charge is -2.10. The topological polar surface area (TPSA) is 30.5 Å². The van der Waals surface area contributed by atoms with E-state index in [2.05, 4.69) is 10.1 Å². The maximum Gasteiger partial charge on any atom is 0.522 e. The van der Waals surface area contributed by atoms with Crippen LogP contribution >= 0.6 is 0 Å². The number of ether oxygens (including phenoxy) is 2. The Kier molecular flexibility index (Phi) is 6.04. The summed E-state index contributed by atoms with van der Waals surface area (Å²) in [6.45, 7) is 2.16. The number of alkyl halides is 3. The molecule has 1 rings (SSSR count). The average molecular weight is 281 g/mol. The standard InChI is InChI=1S/C12H15F4NO2/c1-2-17-8-9-5-10(13)7-11(6-9)18-3-4-19-12(14,15)16/h5-7,17H,2-4,8H2,1H3. The zero-order valence-corrected chi connectivity index (χ0v) is 10.4. The normalized spacial score (nSPS) is 11.6. The molecule has 19 heavy (non-hydrogen) atoms. The van der Waals surface area contributed by atoms with Gasteiger partial charge in [-0.2, -0.15) is 0 Å². The fraction of sp³-hybridized carbons (Fsp3) is 0.500. The van der Waals surface area contributed by atoms with Gasteiger partial charge in [0.15, 0.2) is 0 Å². The molecule has 0 aliphatic heterocycles. The summed E-state index contributed by atoms with van der Waals surface area (Å²) in [5.74, 6) is -0.319. The average Bonchev–Trinajstić information content (AvgIpc) is 2.30. The first kappa shape index (κ1) is 15.7. The Labute approximate surface area is 108 Å². The van der Waals surface area contributed by atoms with E-state index >= 15 is 0 Å². The van der Waals surface area contributed by atoms with E-state index in [9.17, 15) is 17.6 Å². The van der Waals surface area contributed by atoms with Crippen LogP contribution < -0.4 is 10.1 Å². The molecular weight excluding hydrogens is 266 g/mol. The van der Waals surface area contributed by atoms with Crippen LogP contribution in [0.2, 0.25) is 0 Å². The molecule has 0 bridgehead atoms. The van der Waals surface area contributed by atoms with Gasteiger partial charge in [-0.05, 0) is 24.2 Å². The van der Waals surface area contributed by atoms with Gasteiger partial charge in [-0.25, -0.2) is 4.39 Å². The zero-order chi connectivity index (χ0) is 14.3. The van der Waals surface area contributed by atoms with Gasteiger partial charge in [0.05, 0.1) is 6.61 Å². The third-order valence-electron chi connectivity index (χ3n) is 2.13.